The van der Waals surface area contributed by atoms with Crippen LogP contribution in [0.1, 0.15) is 16.1 Å². The Morgan fingerprint density at radius 3 is 2.73 bits per heavy atom. The van der Waals surface area contributed by atoms with Gasteiger partial charge in [0.05, 0.1) is 19.0 Å². The Labute approximate surface area is 151 Å². The molecule has 0 spiro atoms. The average Bonchev–Trinajstić information content (AvgIpc) is 3.31. The second-order valence-corrected chi connectivity index (χ2v) is 7.68. The molecular weight excluding hydrogens is 356 g/mol. The molecule has 0 bridgehead atoms. The van der Waals surface area contributed by atoms with Gasteiger partial charge in [0.2, 0.25) is 10.0 Å². The molecule has 8 nitrogen and oxygen atoms in total. The highest BCUT2D eigenvalue weighted by Gasteiger charge is 2.24. The molecule has 26 heavy (non-hydrogen) atoms. The number of benzene rings is 1. The Kier molecular flexibility index (Phi) is 4.92. The number of sulfonamides is 1. The molecule has 0 unspecified atom stereocenters. The maximum atomic E-state index is 12.7. The first kappa shape index (κ1) is 17.9. The van der Waals surface area contributed by atoms with Crippen LogP contribution in [0.25, 0.3) is 5.69 Å². The van der Waals surface area contributed by atoms with Crippen molar-refractivity contribution in [2.45, 2.75) is 11.4 Å². The molecule has 0 aliphatic rings. The van der Waals surface area contributed by atoms with Crippen molar-refractivity contribution in [1.29, 1.82) is 0 Å². The number of nitrogens with one attached hydrogen (secondary N) is 1. The zero-order chi connectivity index (χ0) is 18.7. The van der Waals surface area contributed by atoms with E-state index in [0.29, 0.717) is 0 Å². The van der Waals surface area contributed by atoms with Gasteiger partial charge in [-0.3, -0.25) is 0 Å². The number of esters is 1. The lowest BCUT2D eigenvalue weighted by Crippen LogP contribution is -2.26. The van der Waals surface area contributed by atoms with Gasteiger partial charge in [-0.1, -0.05) is 18.2 Å². The molecule has 0 amide bonds. The van der Waals surface area contributed by atoms with Crippen LogP contribution < -0.4 is 0 Å². The molecular formula is C17H18N4O4S. The molecule has 136 valence electrons. The molecule has 0 saturated carbocycles. The minimum Gasteiger partial charge on any atom is -0.464 e. The summed E-state index contributed by atoms with van der Waals surface area (Å²) in [6.45, 7) is 0.147. The summed E-state index contributed by atoms with van der Waals surface area (Å²) >= 11 is 0. The largest absolute Gasteiger partial charge is 0.464 e. The number of aromatic nitrogens is 3. The Balaban J connectivity index is 1.77. The molecule has 0 fully saturated rings. The normalized spacial score (nSPS) is 11.7. The summed E-state index contributed by atoms with van der Waals surface area (Å²) in [6, 6.07) is 10.8. The number of carbonyl (C=O) groups excluding carboxylic acids is 1. The first-order chi connectivity index (χ1) is 12.4. The van der Waals surface area contributed by atoms with Crippen LogP contribution in [0.4, 0.5) is 0 Å². The highest BCUT2D eigenvalue weighted by molar-refractivity contribution is 7.89. The lowest BCUT2D eigenvalue weighted by molar-refractivity contribution is 0.0594. The third-order valence-corrected chi connectivity index (χ3v) is 5.61. The number of methoxy groups -OCH3 is 1. The predicted molar refractivity (Wildman–Crippen MR) is 94.3 cm³/mol. The minimum absolute atomic E-state index is 0.00384. The number of nitrogens with zero attached hydrogens (tertiary/aromatic N) is 3. The Morgan fingerprint density at radius 2 is 2.04 bits per heavy atom. The van der Waals surface area contributed by atoms with Crippen molar-refractivity contribution in [3.8, 4) is 5.69 Å². The van der Waals surface area contributed by atoms with Gasteiger partial charge in [0, 0.05) is 31.5 Å². The summed E-state index contributed by atoms with van der Waals surface area (Å²) in [6.07, 6.45) is 4.67. The topological polar surface area (TPSA) is 97.3 Å². The van der Waals surface area contributed by atoms with Gasteiger partial charge >= 0.3 is 5.97 Å². The van der Waals surface area contributed by atoms with Crippen molar-refractivity contribution in [2.75, 3.05) is 14.2 Å². The molecule has 3 aromatic rings. The minimum atomic E-state index is -3.76. The van der Waals surface area contributed by atoms with Crippen LogP contribution in [0.15, 0.2) is 59.9 Å². The molecule has 2 aromatic heterocycles. The molecule has 1 N–H and O–H groups in total. The van der Waals surface area contributed by atoms with Gasteiger partial charge in [0.25, 0.3) is 0 Å². The molecule has 0 radical (unpaired) electrons. The summed E-state index contributed by atoms with van der Waals surface area (Å²) in [5, 5.41) is 4.26. The van der Waals surface area contributed by atoms with Crippen LogP contribution in [0, 0.1) is 0 Å². The molecule has 1 aromatic carbocycles. The zero-order valence-electron chi connectivity index (χ0n) is 14.3. The maximum Gasteiger partial charge on any atom is 0.354 e. The number of hydrogen-bond acceptors (Lipinski definition) is 5. The van der Waals surface area contributed by atoms with E-state index in [4.69, 9.17) is 0 Å². The van der Waals surface area contributed by atoms with Crippen molar-refractivity contribution in [2.24, 2.45) is 0 Å². The first-order valence-electron chi connectivity index (χ1n) is 7.74. The summed E-state index contributed by atoms with van der Waals surface area (Å²) in [7, 11) is -1.05. The number of H-pyrrole nitrogens is 1. The molecule has 0 atom stereocenters. The second-order valence-electron chi connectivity index (χ2n) is 5.63. The van der Waals surface area contributed by atoms with E-state index >= 15 is 0 Å². The standard InChI is InChI=1S/C17H18N4O4S/c1-20(26(23,24)15-8-16(18-10-15)17(22)25-2)11-13-9-19-21(12-13)14-6-4-3-5-7-14/h3-10,12,18H,11H2,1-2H3. The van der Waals surface area contributed by atoms with Crippen molar-refractivity contribution < 1.29 is 17.9 Å². The summed E-state index contributed by atoms with van der Waals surface area (Å²) in [5.74, 6) is -0.627. The fraction of sp³-hybridized carbons (Fsp3) is 0.176. The number of ether oxygens (including phenoxy) is 1. The highest BCUT2D eigenvalue weighted by Crippen LogP contribution is 2.18. The Morgan fingerprint density at radius 1 is 1.31 bits per heavy atom. The number of hydrogen-bond donors (Lipinski definition) is 1. The fourth-order valence-corrected chi connectivity index (χ4v) is 3.59. The van der Waals surface area contributed by atoms with Gasteiger partial charge in [-0.25, -0.2) is 17.9 Å². The van der Waals surface area contributed by atoms with Crippen molar-refractivity contribution in [3.63, 3.8) is 0 Å². The summed E-state index contributed by atoms with van der Waals surface area (Å²) < 4.78 is 32.8. The Hall–Kier alpha value is -2.91. The van der Waals surface area contributed by atoms with Crippen LogP contribution in [0.3, 0.4) is 0 Å². The van der Waals surface area contributed by atoms with Crippen LogP contribution in [-0.4, -0.2) is 47.6 Å². The third kappa shape index (κ3) is 3.53. The number of para-hydroxylation sites is 1. The third-order valence-electron chi connectivity index (χ3n) is 3.83. The maximum absolute atomic E-state index is 12.7. The van der Waals surface area contributed by atoms with Gasteiger partial charge < -0.3 is 9.72 Å². The van der Waals surface area contributed by atoms with Gasteiger partial charge in [0.1, 0.15) is 10.6 Å². The molecule has 3 rings (SSSR count). The monoisotopic (exact) mass is 374 g/mol. The molecule has 0 aliphatic heterocycles. The van der Waals surface area contributed by atoms with Gasteiger partial charge in [-0.05, 0) is 18.2 Å². The van der Waals surface area contributed by atoms with Crippen LogP contribution in [0.2, 0.25) is 0 Å². The smallest absolute Gasteiger partial charge is 0.354 e. The van der Waals surface area contributed by atoms with Gasteiger partial charge in [0.15, 0.2) is 0 Å². The van der Waals surface area contributed by atoms with E-state index in [2.05, 4.69) is 14.8 Å². The van der Waals surface area contributed by atoms with E-state index in [1.807, 2.05) is 30.3 Å². The average molecular weight is 374 g/mol. The summed E-state index contributed by atoms with van der Waals surface area (Å²) in [5.41, 5.74) is 1.71. The zero-order valence-corrected chi connectivity index (χ0v) is 15.1. The van der Waals surface area contributed by atoms with E-state index < -0.39 is 16.0 Å². The number of aromatic amines is 1. The van der Waals surface area contributed by atoms with E-state index in [1.54, 1.807) is 17.1 Å². The van der Waals surface area contributed by atoms with Crippen molar-refractivity contribution >= 4 is 16.0 Å². The Bertz CT molecular complexity index is 1010. The first-order valence-corrected chi connectivity index (χ1v) is 9.18. The number of carbonyl (C=O) groups is 1. The van der Waals surface area contributed by atoms with Crippen molar-refractivity contribution in [1.82, 2.24) is 19.1 Å². The predicted octanol–water partition coefficient (Wildman–Crippen LogP) is 1.81. The molecule has 0 saturated heterocycles. The molecule has 9 heteroatoms. The summed E-state index contributed by atoms with van der Waals surface area (Å²) in [4.78, 5) is 14.1. The van der Waals surface area contributed by atoms with E-state index in [-0.39, 0.29) is 17.1 Å². The van der Waals surface area contributed by atoms with Crippen LogP contribution in [-0.2, 0) is 21.3 Å². The molecule has 2 heterocycles. The lowest BCUT2D eigenvalue weighted by Gasteiger charge is -2.15. The SMILES string of the molecule is COC(=O)c1cc(S(=O)(=O)N(C)Cc2cnn(-c3ccccc3)c2)c[nH]1. The van der Waals surface area contributed by atoms with E-state index in [1.165, 1.54) is 30.7 Å². The van der Waals surface area contributed by atoms with E-state index in [0.717, 1.165) is 11.3 Å². The van der Waals surface area contributed by atoms with Crippen LogP contribution >= 0.6 is 0 Å². The fourth-order valence-electron chi connectivity index (χ4n) is 2.44. The second kappa shape index (κ2) is 7.14. The molecule has 0 aliphatic carbocycles. The van der Waals surface area contributed by atoms with Crippen LogP contribution in [0.5, 0.6) is 0 Å². The number of rotatable bonds is 6. The van der Waals surface area contributed by atoms with Gasteiger partial charge in [-0.2, -0.15) is 9.40 Å². The van der Waals surface area contributed by atoms with Gasteiger partial charge in [-0.15, -0.1) is 0 Å². The highest BCUT2D eigenvalue weighted by atomic mass is 32.2. The quantitative estimate of drug-likeness (QED) is 0.664. The van der Waals surface area contributed by atoms with Crippen molar-refractivity contribution in [3.05, 3.63) is 66.2 Å². The lowest BCUT2D eigenvalue weighted by atomic mass is 10.3. The van der Waals surface area contributed by atoms with E-state index in [9.17, 15) is 13.2 Å².